The average molecular weight is 376 g/mol. The first-order chi connectivity index (χ1) is 11.0. The van der Waals surface area contributed by atoms with Crippen LogP contribution in [0.2, 0.25) is 0 Å². The maximum Gasteiger partial charge on any atom is 0.311 e. The van der Waals surface area contributed by atoms with Gasteiger partial charge in [0.15, 0.2) is 6.10 Å². The number of ether oxygens (including phenoxy) is 1. The third-order valence-electron chi connectivity index (χ3n) is 3.34. The number of amides is 1. The summed E-state index contributed by atoms with van der Waals surface area (Å²) >= 11 is 3.34. The van der Waals surface area contributed by atoms with Gasteiger partial charge in [0.1, 0.15) is 0 Å². The summed E-state index contributed by atoms with van der Waals surface area (Å²) in [4.78, 5) is 24.0. The standard InChI is InChI=1S/C18H18BrNO3/c1-12-5-3-4-6-16(12)20-18(22)13(2)23-17(21)11-14-7-9-15(19)10-8-14/h3-10,13H,11H2,1-2H3,(H,20,22). The van der Waals surface area contributed by atoms with Gasteiger partial charge in [0.2, 0.25) is 0 Å². The number of rotatable bonds is 5. The number of para-hydroxylation sites is 1. The normalized spacial score (nSPS) is 11.6. The molecule has 1 N–H and O–H groups in total. The SMILES string of the molecule is Cc1ccccc1NC(=O)C(C)OC(=O)Cc1ccc(Br)cc1. The number of anilines is 1. The molecule has 120 valence electrons. The number of hydrogen-bond donors (Lipinski definition) is 1. The summed E-state index contributed by atoms with van der Waals surface area (Å²) in [7, 11) is 0. The van der Waals surface area contributed by atoms with Gasteiger partial charge in [0, 0.05) is 10.2 Å². The monoisotopic (exact) mass is 375 g/mol. The molecule has 1 amide bonds. The van der Waals surface area contributed by atoms with E-state index in [0.29, 0.717) is 5.69 Å². The number of carbonyl (C=O) groups is 2. The molecule has 5 heteroatoms. The molecule has 0 heterocycles. The maximum absolute atomic E-state index is 12.1. The van der Waals surface area contributed by atoms with Crippen LogP contribution in [0.15, 0.2) is 53.0 Å². The van der Waals surface area contributed by atoms with Crippen molar-refractivity contribution in [1.29, 1.82) is 0 Å². The number of carbonyl (C=O) groups excluding carboxylic acids is 2. The van der Waals surface area contributed by atoms with E-state index in [9.17, 15) is 9.59 Å². The van der Waals surface area contributed by atoms with E-state index in [-0.39, 0.29) is 12.3 Å². The van der Waals surface area contributed by atoms with Crippen LogP contribution in [-0.2, 0) is 20.7 Å². The van der Waals surface area contributed by atoms with Gasteiger partial charge in [-0.15, -0.1) is 0 Å². The fraction of sp³-hybridized carbons (Fsp3) is 0.222. The lowest BCUT2D eigenvalue weighted by Crippen LogP contribution is -2.30. The van der Waals surface area contributed by atoms with Crippen molar-refractivity contribution in [2.45, 2.75) is 26.4 Å². The van der Waals surface area contributed by atoms with Crippen molar-refractivity contribution in [2.75, 3.05) is 5.32 Å². The molecule has 0 fully saturated rings. The molecule has 1 unspecified atom stereocenters. The van der Waals surface area contributed by atoms with Gasteiger partial charge in [-0.1, -0.05) is 46.3 Å². The van der Waals surface area contributed by atoms with E-state index < -0.39 is 12.1 Å². The van der Waals surface area contributed by atoms with E-state index in [0.717, 1.165) is 15.6 Å². The number of halogens is 1. The van der Waals surface area contributed by atoms with Gasteiger partial charge in [0.25, 0.3) is 5.91 Å². The molecule has 23 heavy (non-hydrogen) atoms. The van der Waals surface area contributed by atoms with E-state index in [4.69, 9.17) is 4.74 Å². The Morgan fingerprint density at radius 3 is 2.43 bits per heavy atom. The number of aryl methyl sites for hydroxylation is 1. The Morgan fingerprint density at radius 1 is 1.13 bits per heavy atom. The lowest BCUT2D eigenvalue weighted by molar-refractivity contribution is -0.152. The second-order valence-corrected chi connectivity index (χ2v) is 6.16. The summed E-state index contributed by atoms with van der Waals surface area (Å²) in [6.45, 7) is 3.47. The molecule has 2 aromatic carbocycles. The third kappa shape index (κ3) is 5.21. The highest BCUT2D eigenvalue weighted by molar-refractivity contribution is 9.10. The van der Waals surface area contributed by atoms with Gasteiger partial charge < -0.3 is 10.1 Å². The Labute approximate surface area is 144 Å². The van der Waals surface area contributed by atoms with Crippen molar-refractivity contribution in [3.05, 3.63) is 64.1 Å². The molecule has 0 saturated carbocycles. The summed E-state index contributed by atoms with van der Waals surface area (Å²) in [5.74, 6) is -0.775. The van der Waals surface area contributed by atoms with E-state index in [2.05, 4.69) is 21.2 Å². The van der Waals surface area contributed by atoms with Gasteiger partial charge in [-0.3, -0.25) is 9.59 Å². The quantitative estimate of drug-likeness (QED) is 0.806. The largest absolute Gasteiger partial charge is 0.452 e. The predicted molar refractivity (Wildman–Crippen MR) is 93.2 cm³/mol. The summed E-state index contributed by atoms with van der Waals surface area (Å²) in [6.07, 6.45) is -0.715. The highest BCUT2D eigenvalue weighted by Gasteiger charge is 2.18. The fourth-order valence-electron chi connectivity index (χ4n) is 2.01. The van der Waals surface area contributed by atoms with Crippen LogP contribution in [0.5, 0.6) is 0 Å². The molecular formula is C18H18BrNO3. The molecular weight excluding hydrogens is 358 g/mol. The number of nitrogens with one attached hydrogen (secondary N) is 1. The average Bonchev–Trinajstić information content (AvgIpc) is 2.51. The molecule has 2 aromatic rings. The van der Waals surface area contributed by atoms with Crippen LogP contribution >= 0.6 is 15.9 Å². The molecule has 0 aromatic heterocycles. The fourth-order valence-corrected chi connectivity index (χ4v) is 2.27. The smallest absolute Gasteiger partial charge is 0.311 e. The first-order valence-corrected chi connectivity index (χ1v) is 8.05. The van der Waals surface area contributed by atoms with Gasteiger partial charge >= 0.3 is 5.97 Å². The first-order valence-electron chi connectivity index (χ1n) is 7.26. The number of hydrogen-bond acceptors (Lipinski definition) is 3. The molecule has 0 radical (unpaired) electrons. The molecule has 0 aliphatic carbocycles. The first kappa shape index (κ1) is 17.2. The zero-order valence-corrected chi connectivity index (χ0v) is 14.6. The minimum atomic E-state index is -0.849. The van der Waals surface area contributed by atoms with Gasteiger partial charge in [-0.2, -0.15) is 0 Å². The summed E-state index contributed by atoms with van der Waals surface area (Å²) in [6, 6.07) is 14.8. The Kier molecular flexibility index (Phi) is 5.93. The second kappa shape index (κ2) is 7.92. The molecule has 0 aliphatic rings. The van der Waals surface area contributed by atoms with Gasteiger partial charge in [-0.05, 0) is 43.2 Å². The Hall–Kier alpha value is -2.14. The van der Waals surface area contributed by atoms with Crippen molar-refractivity contribution in [3.63, 3.8) is 0 Å². The zero-order chi connectivity index (χ0) is 16.8. The minimum absolute atomic E-state index is 0.134. The van der Waals surface area contributed by atoms with E-state index in [1.165, 1.54) is 0 Å². The Balaban J connectivity index is 1.89. The second-order valence-electron chi connectivity index (χ2n) is 5.24. The van der Waals surface area contributed by atoms with E-state index in [1.54, 1.807) is 6.92 Å². The summed E-state index contributed by atoms with van der Waals surface area (Å²) in [5, 5.41) is 2.76. The highest BCUT2D eigenvalue weighted by atomic mass is 79.9. The molecule has 4 nitrogen and oxygen atoms in total. The van der Waals surface area contributed by atoms with Crippen LogP contribution in [0.4, 0.5) is 5.69 Å². The molecule has 0 spiro atoms. The number of benzene rings is 2. The molecule has 0 bridgehead atoms. The van der Waals surface area contributed by atoms with Crippen molar-refractivity contribution < 1.29 is 14.3 Å². The molecule has 1 atom stereocenters. The van der Waals surface area contributed by atoms with Crippen LogP contribution in [0.1, 0.15) is 18.1 Å². The topological polar surface area (TPSA) is 55.4 Å². The van der Waals surface area contributed by atoms with Crippen molar-refractivity contribution in [2.24, 2.45) is 0 Å². The highest BCUT2D eigenvalue weighted by Crippen LogP contribution is 2.14. The summed E-state index contributed by atoms with van der Waals surface area (Å²) < 4.78 is 6.14. The number of esters is 1. The van der Waals surface area contributed by atoms with Crippen LogP contribution in [-0.4, -0.2) is 18.0 Å². The van der Waals surface area contributed by atoms with Crippen LogP contribution < -0.4 is 5.32 Å². The lowest BCUT2D eigenvalue weighted by Gasteiger charge is -2.14. The van der Waals surface area contributed by atoms with Crippen LogP contribution in [0.25, 0.3) is 0 Å². The molecule has 0 saturated heterocycles. The van der Waals surface area contributed by atoms with Crippen molar-refractivity contribution in [1.82, 2.24) is 0 Å². The molecule has 2 rings (SSSR count). The predicted octanol–water partition coefficient (Wildman–Crippen LogP) is 3.87. The van der Waals surface area contributed by atoms with Crippen molar-refractivity contribution in [3.8, 4) is 0 Å². The van der Waals surface area contributed by atoms with Crippen molar-refractivity contribution >= 4 is 33.5 Å². The van der Waals surface area contributed by atoms with Crippen LogP contribution in [0, 0.1) is 6.92 Å². The Morgan fingerprint density at radius 2 is 1.78 bits per heavy atom. The van der Waals surface area contributed by atoms with E-state index in [1.807, 2.05) is 55.5 Å². The van der Waals surface area contributed by atoms with Gasteiger partial charge in [-0.25, -0.2) is 0 Å². The molecule has 0 aliphatic heterocycles. The third-order valence-corrected chi connectivity index (χ3v) is 3.87. The van der Waals surface area contributed by atoms with Gasteiger partial charge in [0.05, 0.1) is 6.42 Å². The zero-order valence-electron chi connectivity index (χ0n) is 13.0. The Bertz CT molecular complexity index is 698. The minimum Gasteiger partial charge on any atom is -0.452 e. The summed E-state index contributed by atoms with van der Waals surface area (Å²) in [5.41, 5.74) is 2.51. The maximum atomic E-state index is 12.1. The van der Waals surface area contributed by atoms with E-state index >= 15 is 0 Å². The lowest BCUT2D eigenvalue weighted by atomic mass is 10.1. The van der Waals surface area contributed by atoms with Crippen LogP contribution in [0.3, 0.4) is 0 Å².